The van der Waals surface area contributed by atoms with Gasteiger partial charge in [0.05, 0.1) is 13.2 Å². The number of carbonyl (C=O) groups excluding carboxylic acids is 1. The molecule has 1 aromatic rings. The summed E-state index contributed by atoms with van der Waals surface area (Å²) in [6, 6.07) is 8.52. The Morgan fingerprint density at radius 1 is 1.07 bits per heavy atom. The van der Waals surface area contributed by atoms with Crippen molar-refractivity contribution in [3.8, 4) is 5.75 Å². The van der Waals surface area contributed by atoms with Gasteiger partial charge in [-0.05, 0) is 87.8 Å². The lowest BCUT2D eigenvalue weighted by atomic mass is 9.51. The largest absolute Gasteiger partial charge is 0.496 e. The van der Waals surface area contributed by atoms with Gasteiger partial charge in [0, 0.05) is 18.0 Å². The summed E-state index contributed by atoms with van der Waals surface area (Å²) in [5.74, 6) is 4.65. The molecule has 1 saturated heterocycles. The standard InChI is InChI=1S/C24H34N2O2/c1-28-22-7-3-2-6-20(22)21(26-8-4-5-9-26)15-25-24(27)23-18-11-16-10-17(13-18)14-19(23)12-16/h2-3,6-7,16-19,21,23H,4-5,8-15H2,1H3,(H,25,27). The number of nitrogens with one attached hydrogen (secondary N) is 1. The minimum atomic E-state index is 0.208. The number of benzene rings is 1. The Labute approximate surface area is 169 Å². The summed E-state index contributed by atoms with van der Waals surface area (Å²) >= 11 is 0. The molecule has 1 aromatic carbocycles. The molecular weight excluding hydrogens is 348 g/mol. The molecule has 4 bridgehead atoms. The Balaban J connectivity index is 1.30. The van der Waals surface area contributed by atoms with Crippen molar-refractivity contribution in [3.05, 3.63) is 29.8 Å². The minimum Gasteiger partial charge on any atom is -0.496 e. The molecule has 1 N–H and O–H groups in total. The van der Waals surface area contributed by atoms with E-state index in [1.54, 1.807) is 7.11 Å². The van der Waals surface area contributed by atoms with Crippen LogP contribution in [0.1, 0.15) is 56.6 Å². The third-order valence-corrected chi connectivity index (χ3v) is 8.08. The van der Waals surface area contributed by atoms with Gasteiger partial charge in [-0.15, -0.1) is 0 Å². The molecule has 1 heterocycles. The van der Waals surface area contributed by atoms with Crippen molar-refractivity contribution in [2.75, 3.05) is 26.7 Å². The zero-order valence-electron chi connectivity index (χ0n) is 17.1. The van der Waals surface area contributed by atoms with Crippen molar-refractivity contribution in [1.82, 2.24) is 10.2 Å². The van der Waals surface area contributed by atoms with Gasteiger partial charge in [0.1, 0.15) is 5.75 Å². The van der Waals surface area contributed by atoms with Gasteiger partial charge in [-0.2, -0.15) is 0 Å². The molecule has 5 fully saturated rings. The third kappa shape index (κ3) is 3.34. The number of hydrogen-bond acceptors (Lipinski definition) is 3. The van der Waals surface area contributed by atoms with Gasteiger partial charge in [-0.1, -0.05) is 18.2 Å². The highest BCUT2D eigenvalue weighted by Gasteiger charge is 2.50. The maximum absolute atomic E-state index is 13.3. The highest BCUT2D eigenvalue weighted by Crippen LogP contribution is 2.56. The fraction of sp³-hybridized carbons (Fsp3) is 0.708. The van der Waals surface area contributed by atoms with Crippen molar-refractivity contribution in [2.24, 2.45) is 29.6 Å². The lowest BCUT2D eigenvalue weighted by Crippen LogP contribution is -2.51. The first kappa shape index (κ1) is 18.5. The van der Waals surface area contributed by atoms with Crippen molar-refractivity contribution in [3.63, 3.8) is 0 Å². The van der Waals surface area contributed by atoms with Crippen LogP contribution in [0.4, 0.5) is 0 Å². The van der Waals surface area contributed by atoms with Crippen molar-refractivity contribution < 1.29 is 9.53 Å². The third-order valence-electron chi connectivity index (χ3n) is 8.08. The van der Waals surface area contributed by atoms with E-state index in [2.05, 4.69) is 22.3 Å². The van der Waals surface area contributed by atoms with Crippen LogP contribution in [0, 0.1) is 29.6 Å². The Hall–Kier alpha value is -1.55. The van der Waals surface area contributed by atoms with Crippen LogP contribution in [-0.2, 0) is 4.79 Å². The van der Waals surface area contributed by atoms with E-state index >= 15 is 0 Å². The summed E-state index contributed by atoms with van der Waals surface area (Å²) in [6.45, 7) is 2.91. The fourth-order valence-electron chi connectivity index (χ4n) is 7.10. The second kappa shape index (κ2) is 7.70. The zero-order valence-corrected chi connectivity index (χ0v) is 17.1. The SMILES string of the molecule is COc1ccccc1C(CNC(=O)C1C2CC3CC(C2)CC1C3)N1CCCC1. The Morgan fingerprint density at radius 3 is 2.36 bits per heavy atom. The molecule has 0 spiro atoms. The summed E-state index contributed by atoms with van der Waals surface area (Å²) in [5, 5.41) is 3.40. The Bertz CT molecular complexity index is 684. The number of likely N-dealkylation sites (tertiary alicyclic amines) is 1. The number of rotatable bonds is 6. The monoisotopic (exact) mass is 382 g/mol. The normalized spacial score (nSPS) is 35.1. The topological polar surface area (TPSA) is 41.6 Å². The van der Waals surface area contributed by atoms with Gasteiger partial charge in [-0.3, -0.25) is 9.69 Å². The minimum absolute atomic E-state index is 0.208. The first-order chi connectivity index (χ1) is 13.7. The molecule has 4 aliphatic carbocycles. The average molecular weight is 383 g/mol. The highest BCUT2D eigenvalue weighted by atomic mass is 16.5. The molecule has 5 aliphatic rings. The van der Waals surface area contributed by atoms with Crippen LogP contribution < -0.4 is 10.1 Å². The predicted molar refractivity (Wildman–Crippen MR) is 110 cm³/mol. The number of ether oxygens (including phenoxy) is 1. The molecule has 6 rings (SSSR count). The van der Waals surface area contributed by atoms with Crippen LogP contribution in [0.25, 0.3) is 0 Å². The Kier molecular flexibility index (Phi) is 5.08. The van der Waals surface area contributed by atoms with Crippen LogP contribution in [0.2, 0.25) is 0 Å². The van der Waals surface area contributed by atoms with Crippen LogP contribution in [0.3, 0.4) is 0 Å². The van der Waals surface area contributed by atoms with E-state index in [4.69, 9.17) is 4.74 Å². The number of hydrogen-bond donors (Lipinski definition) is 1. The van der Waals surface area contributed by atoms with E-state index in [0.717, 1.165) is 30.7 Å². The molecule has 1 amide bonds. The predicted octanol–water partition coefficient (Wildman–Crippen LogP) is 4.02. The van der Waals surface area contributed by atoms with Gasteiger partial charge in [0.25, 0.3) is 0 Å². The molecule has 0 radical (unpaired) electrons. The lowest BCUT2D eigenvalue weighted by Gasteiger charge is -2.53. The first-order valence-corrected chi connectivity index (χ1v) is 11.4. The number of methoxy groups -OCH3 is 1. The lowest BCUT2D eigenvalue weighted by molar-refractivity contribution is -0.138. The van der Waals surface area contributed by atoms with Gasteiger partial charge >= 0.3 is 0 Å². The molecule has 1 aliphatic heterocycles. The van der Waals surface area contributed by atoms with Gasteiger partial charge in [0.15, 0.2) is 0 Å². The van der Waals surface area contributed by atoms with Crippen LogP contribution >= 0.6 is 0 Å². The summed E-state index contributed by atoms with van der Waals surface area (Å²) in [7, 11) is 1.74. The van der Waals surface area contributed by atoms with E-state index in [1.165, 1.54) is 50.5 Å². The quantitative estimate of drug-likeness (QED) is 0.808. The highest BCUT2D eigenvalue weighted by molar-refractivity contribution is 5.79. The number of nitrogens with zero attached hydrogens (tertiary/aromatic N) is 1. The smallest absolute Gasteiger partial charge is 0.223 e. The average Bonchev–Trinajstić information content (AvgIpc) is 3.22. The molecule has 1 atom stereocenters. The van der Waals surface area contributed by atoms with E-state index in [-0.39, 0.29) is 12.0 Å². The molecule has 28 heavy (non-hydrogen) atoms. The fourth-order valence-corrected chi connectivity index (χ4v) is 7.10. The maximum Gasteiger partial charge on any atom is 0.223 e. The van der Waals surface area contributed by atoms with Gasteiger partial charge < -0.3 is 10.1 Å². The molecular formula is C24H34N2O2. The van der Waals surface area contributed by atoms with Crippen molar-refractivity contribution in [2.45, 2.75) is 51.0 Å². The molecule has 4 saturated carbocycles. The van der Waals surface area contributed by atoms with E-state index in [9.17, 15) is 4.79 Å². The molecule has 4 nitrogen and oxygen atoms in total. The Morgan fingerprint density at radius 2 is 1.71 bits per heavy atom. The van der Waals surface area contributed by atoms with Crippen molar-refractivity contribution in [1.29, 1.82) is 0 Å². The van der Waals surface area contributed by atoms with E-state index in [0.29, 0.717) is 24.3 Å². The van der Waals surface area contributed by atoms with Gasteiger partial charge in [-0.25, -0.2) is 0 Å². The van der Waals surface area contributed by atoms with Gasteiger partial charge in [0.2, 0.25) is 5.91 Å². The second-order valence-corrected chi connectivity index (χ2v) is 9.70. The molecule has 152 valence electrons. The van der Waals surface area contributed by atoms with Crippen molar-refractivity contribution >= 4 is 5.91 Å². The maximum atomic E-state index is 13.3. The number of carbonyl (C=O) groups is 1. The number of amides is 1. The molecule has 4 heteroatoms. The van der Waals surface area contributed by atoms with Crippen LogP contribution in [-0.4, -0.2) is 37.6 Å². The molecule has 0 aromatic heterocycles. The number of para-hydroxylation sites is 1. The summed E-state index contributed by atoms with van der Waals surface area (Å²) < 4.78 is 5.65. The van der Waals surface area contributed by atoms with E-state index in [1.807, 2.05) is 12.1 Å². The van der Waals surface area contributed by atoms with Crippen LogP contribution in [0.15, 0.2) is 24.3 Å². The summed E-state index contributed by atoms with van der Waals surface area (Å²) in [6.07, 6.45) is 9.12. The van der Waals surface area contributed by atoms with Crippen LogP contribution in [0.5, 0.6) is 5.75 Å². The summed E-state index contributed by atoms with van der Waals surface area (Å²) in [5.41, 5.74) is 1.21. The summed E-state index contributed by atoms with van der Waals surface area (Å²) in [4.78, 5) is 15.8. The molecule has 1 unspecified atom stereocenters. The van der Waals surface area contributed by atoms with E-state index < -0.39 is 0 Å². The zero-order chi connectivity index (χ0) is 19.1. The second-order valence-electron chi connectivity index (χ2n) is 9.70. The first-order valence-electron chi connectivity index (χ1n) is 11.4.